The van der Waals surface area contributed by atoms with Crippen molar-refractivity contribution >= 4 is 5.97 Å². The number of carboxylic acid groups (broad SMARTS) is 1. The molecule has 0 saturated heterocycles. The van der Waals surface area contributed by atoms with E-state index in [9.17, 15) is 0 Å². The molecule has 11 N–H and O–H groups in total. The van der Waals surface area contributed by atoms with Crippen LogP contribution in [0.15, 0.2) is 0 Å². The summed E-state index contributed by atoms with van der Waals surface area (Å²) in [7, 11) is 0. The number of carbonyl (C=O) groups is 1. The van der Waals surface area contributed by atoms with E-state index >= 15 is 0 Å². The Labute approximate surface area is 70.3 Å². The summed E-state index contributed by atoms with van der Waals surface area (Å²) in [6.07, 6.45) is 0. The van der Waals surface area contributed by atoms with Crippen LogP contribution in [-0.4, -0.2) is 38.5 Å². The van der Waals surface area contributed by atoms with Gasteiger partial charge in [-0.05, 0) is 0 Å². The Morgan fingerprint density at radius 3 is 1.00 bits per heavy atom. The molecule has 0 aromatic carbocycles. The molecule has 0 aromatic rings. The standard InChI is InChI=1S/C2H4O2.5H2O.Zn/c1-2(3)4;;;;;;/h1H3,(H,3,4);5*1H2;. The zero-order chi connectivity index (χ0) is 3.58. The van der Waals surface area contributed by atoms with Crippen molar-refractivity contribution in [3.05, 3.63) is 0 Å². The SMILES string of the molecule is CC(=O)O.O.O.O.O.O.[Zn]. The van der Waals surface area contributed by atoms with Crippen LogP contribution in [0.2, 0.25) is 0 Å². The van der Waals surface area contributed by atoms with E-state index < -0.39 is 5.97 Å². The second-order valence-electron chi connectivity index (χ2n) is 0.519. The van der Waals surface area contributed by atoms with E-state index in [0.29, 0.717) is 0 Å². The number of rotatable bonds is 0. The van der Waals surface area contributed by atoms with Crippen LogP contribution in [0.1, 0.15) is 6.92 Å². The molecule has 0 saturated carbocycles. The monoisotopic (exact) mass is 214 g/mol. The molecule has 0 aliphatic carbocycles. The second kappa shape index (κ2) is 66.2. The first kappa shape index (κ1) is 93.5. The third-order valence-electron chi connectivity index (χ3n) is 0. The van der Waals surface area contributed by atoms with E-state index in [-0.39, 0.29) is 46.9 Å². The Hall–Kier alpha value is -0.107. The van der Waals surface area contributed by atoms with Crippen molar-refractivity contribution in [2.24, 2.45) is 0 Å². The van der Waals surface area contributed by atoms with Gasteiger partial charge in [-0.1, -0.05) is 0 Å². The molecule has 0 bridgehead atoms. The van der Waals surface area contributed by atoms with E-state index in [4.69, 9.17) is 9.90 Å². The molecule has 0 amide bonds. The minimum absolute atomic E-state index is 0. The fraction of sp³-hybridized carbons (Fsp3) is 0.500. The fourth-order valence-electron chi connectivity index (χ4n) is 0. The summed E-state index contributed by atoms with van der Waals surface area (Å²) < 4.78 is 0. The van der Waals surface area contributed by atoms with Crippen LogP contribution in [0, 0.1) is 0 Å². The summed E-state index contributed by atoms with van der Waals surface area (Å²) in [6, 6.07) is 0. The predicted octanol–water partition coefficient (Wildman–Crippen LogP) is -4.04. The van der Waals surface area contributed by atoms with Gasteiger partial charge in [0.05, 0.1) is 0 Å². The maximum absolute atomic E-state index is 9.00. The van der Waals surface area contributed by atoms with Gasteiger partial charge in [-0.3, -0.25) is 4.79 Å². The van der Waals surface area contributed by atoms with Gasteiger partial charge >= 0.3 is 0 Å². The van der Waals surface area contributed by atoms with E-state index in [1.807, 2.05) is 0 Å². The molecule has 8 heteroatoms. The van der Waals surface area contributed by atoms with Gasteiger partial charge in [-0.2, -0.15) is 0 Å². The third kappa shape index (κ3) is 33000. The normalized spacial score (nSPS) is 2.50. The average molecular weight is 216 g/mol. The summed E-state index contributed by atoms with van der Waals surface area (Å²) in [5.74, 6) is -0.833. The molecular formula is C2H14O7Zn. The van der Waals surface area contributed by atoms with Crippen molar-refractivity contribution in [1.29, 1.82) is 0 Å². The smallest absolute Gasteiger partial charge is 0.300 e. The van der Waals surface area contributed by atoms with Gasteiger partial charge in [0.1, 0.15) is 0 Å². The Morgan fingerprint density at radius 2 is 1.00 bits per heavy atom. The molecule has 66 valence electrons. The average Bonchev–Trinajstić information content (AvgIpc) is 0.811. The van der Waals surface area contributed by atoms with E-state index in [1.54, 1.807) is 0 Å². The minimum atomic E-state index is -0.833. The molecule has 7 nitrogen and oxygen atoms in total. The maximum atomic E-state index is 9.00. The van der Waals surface area contributed by atoms with Gasteiger partial charge in [0.2, 0.25) is 0 Å². The second-order valence-corrected chi connectivity index (χ2v) is 0.519. The quantitative estimate of drug-likeness (QED) is 0.402. The molecule has 0 aliphatic heterocycles. The molecule has 10 heavy (non-hydrogen) atoms. The van der Waals surface area contributed by atoms with Crippen LogP contribution >= 0.6 is 0 Å². The number of carboxylic acids is 1. The molecule has 0 atom stereocenters. The molecule has 0 aromatic heterocycles. The molecule has 0 unspecified atom stereocenters. The van der Waals surface area contributed by atoms with E-state index in [2.05, 4.69) is 0 Å². The zero-order valence-electron chi connectivity index (χ0n) is 5.56. The first-order chi connectivity index (χ1) is 1.73. The van der Waals surface area contributed by atoms with Crippen LogP contribution in [0.5, 0.6) is 0 Å². The van der Waals surface area contributed by atoms with E-state index in [0.717, 1.165) is 6.92 Å². The van der Waals surface area contributed by atoms with Crippen LogP contribution in [0.4, 0.5) is 0 Å². The molecule has 0 heterocycles. The third-order valence-corrected chi connectivity index (χ3v) is 0. The van der Waals surface area contributed by atoms with Gasteiger partial charge in [-0.25, -0.2) is 0 Å². The summed E-state index contributed by atoms with van der Waals surface area (Å²) in [4.78, 5) is 9.00. The molecule has 0 aliphatic rings. The van der Waals surface area contributed by atoms with Gasteiger partial charge in [0.25, 0.3) is 5.97 Å². The van der Waals surface area contributed by atoms with Gasteiger partial charge in [0.15, 0.2) is 0 Å². The Bertz CT molecular complexity index is 34.6. The number of hydrogen-bond acceptors (Lipinski definition) is 1. The summed E-state index contributed by atoms with van der Waals surface area (Å²) in [5, 5.41) is 7.42. The number of aliphatic carboxylic acids is 1. The number of hydrogen-bond donors (Lipinski definition) is 1. The largest absolute Gasteiger partial charge is 0.481 e. The summed E-state index contributed by atoms with van der Waals surface area (Å²) in [6.45, 7) is 1.08. The molecule has 0 rings (SSSR count). The van der Waals surface area contributed by atoms with Crippen molar-refractivity contribution < 1.29 is 56.8 Å². The van der Waals surface area contributed by atoms with Crippen molar-refractivity contribution in [1.82, 2.24) is 0 Å². The molecule has 0 radical (unpaired) electrons. The van der Waals surface area contributed by atoms with Crippen LogP contribution in [-0.2, 0) is 24.3 Å². The zero-order valence-corrected chi connectivity index (χ0v) is 8.53. The van der Waals surface area contributed by atoms with Crippen LogP contribution in [0.25, 0.3) is 0 Å². The van der Waals surface area contributed by atoms with Crippen molar-refractivity contribution in [3.63, 3.8) is 0 Å². The Kier molecular flexibility index (Phi) is 619. The minimum Gasteiger partial charge on any atom is -0.481 e. The molecule has 0 fully saturated rings. The van der Waals surface area contributed by atoms with Crippen LogP contribution < -0.4 is 0 Å². The molecular weight excluding hydrogens is 201 g/mol. The van der Waals surface area contributed by atoms with Gasteiger partial charge < -0.3 is 32.5 Å². The van der Waals surface area contributed by atoms with Crippen molar-refractivity contribution in [3.8, 4) is 0 Å². The summed E-state index contributed by atoms with van der Waals surface area (Å²) in [5.41, 5.74) is 0. The Balaban J connectivity index is -0.00000000300. The van der Waals surface area contributed by atoms with Crippen LogP contribution in [0.3, 0.4) is 0 Å². The fourth-order valence-corrected chi connectivity index (χ4v) is 0. The Morgan fingerprint density at radius 1 is 1.00 bits per heavy atom. The van der Waals surface area contributed by atoms with E-state index in [1.165, 1.54) is 0 Å². The molecule has 0 spiro atoms. The predicted molar refractivity (Wildman–Crippen MR) is 31.4 cm³/mol. The first-order valence-electron chi connectivity index (χ1n) is 0.928. The topological polar surface area (TPSA) is 195 Å². The van der Waals surface area contributed by atoms with Crippen molar-refractivity contribution in [2.45, 2.75) is 6.92 Å². The summed E-state index contributed by atoms with van der Waals surface area (Å²) >= 11 is 0. The van der Waals surface area contributed by atoms with Crippen molar-refractivity contribution in [2.75, 3.05) is 0 Å². The van der Waals surface area contributed by atoms with Gasteiger partial charge in [0, 0.05) is 26.4 Å². The van der Waals surface area contributed by atoms with Gasteiger partial charge in [-0.15, -0.1) is 0 Å². The maximum Gasteiger partial charge on any atom is 0.300 e. The first-order valence-corrected chi connectivity index (χ1v) is 0.928.